The van der Waals surface area contributed by atoms with Crippen molar-refractivity contribution >= 4 is 5.97 Å². The van der Waals surface area contributed by atoms with E-state index in [9.17, 15) is 4.79 Å². The highest BCUT2D eigenvalue weighted by atomic mass is 16.8. The molecule has 6 heteroatoms. The third-order valence-electron chi connectivity index (χ3n) is 3.85. The smallest absolute Gasteiger partial charge is 0.378 e. The van der Waals surface area contributed by atoms with Crippen LogP contribution >= 0.6 is 0 Å². The average molecular weight is 346 g/mol. The summed E-state index contributed by atoms with van der Waals surface area (Å²) in [5.41, 5.74) is 0.972. The van der Waals surface area contributed by atoms with Crippen LogP contribution in [-0.2, 0) is 35.1 Å². The van der Waals surface area contributed by atoms with Crippen molar-refractivity contribution in [1.29, 1.82) is 0 Å². The van der Waals surface area contributed by atoms with E-state index in [2.05, 4.69) is 6.58 Å². The molecule has 134 valence electrons. The Morgan fingerprint density at radius 1 is 1.28 bits per heavy atom. The van der Waals surface area contributed by atoms with E-state index in [0.29, 0.717) is 19.0 Å². The molecule has 1 saturated heterocycles. The van der Waals surface area contributed by atoms with Crippen LogP contribution in [0.1, 0.15) is 19.4 Å². The molecule has 0 radical (unpaired) electrons. The number of hydrogen-bond donors (Lipinski definition) is 0. The van der Waals surface area contributed by atoms with Crippen LogP contribution < -0.4 is 0 Å². The maximum absolute atomic E-state index is 12.2. The molecule has 0 unspecified atom stereocenters. The summed E-state index contributed by atoms with van der Waals surface area (Å²) < 4.78 is 28.2. The largest absolute Gasteiger partial charge is 0.485 e. The molecule has 0 spiro atoms. The highest BCUT2D eigenvalue weighted by Crippen LogP contribution is 2.34. The summed E-state index contributed by atoms with van der Waals surface area (Å²) in [6.07, 6.45) is 0.410. The Morgan fingerprint density at radius 2 is 2.04 bits per heavy atom. The van der Waals surface area contributed by atoms with Gasteiger partial charge in [-0.25, -0.2) is 4.79 Å². The molecule has 2 atom stereocenters. The lowest BCUT2D eigenvalue weighted by atomic mass is 10.1. The van der Waals surface area contributed by atoms with Crippen LogP contribution in [0.4, 0.5) is 0 Å². The van der Waals surface area contributed by atoms with E-state index in [4.69, 9.17) is 23.7 Å². The third kappa shape index (κ3) is 4.03. The molecule has 0 aromatic heterocycles. The SMILES string of the molecule is C=CCOC1=C(OCc2ccccc2)[C@@H]([C@@H]2COC(C)(C)O2)OC1=O. The zero-order valence-corrected chi connectivity index (χ0v) is 14.4. The lowest BCUT2D eigenvalue weighted by molar-refractivity contribution is -0.163. The van der Waals surface area contributed by atoms with Crippen LogP contribution in [0.5, 0.6) is 0 Å². The van der Waals surface area contributed by atoms with Crippen LogP contribution in [0.2, 0.25) is 0 Å². The van der Waals surface area contributed by atoms with Gasteiger partial charge in [0.2, 0.25) is 5.76 Å². The normalized spacial score (nSPS) is 25.0. The minimum absolute atomic E-state index is 0.0640. The van der Waals surface area contributed by atoms with Crippen LogP contribution in [0, 0.1) is 0 Å². The van der Waals surface area contributed by atoms with Gasteiger partial charge in [-0.2, -0.15) is 0 Å². The first-order chi connectivity index (χ1) is 12.0. The zero-order chi connectivity index (χ0) is 17.9. The fourth-order valence-electron chi connectivity index (χ4n) is 2.72. The van der Waals surface area contributed by atoms with Gasteiger partial charge in [-0.3, -0.25) is 0 Å². The molecule has 0 N–H and O–H groups in total. The summed E-state index contributed by atoms with van der Waals surface area (Å²) >= 11 is 0. The van der Waals surface area contributed by atoms with Gasteiger partial charge in [-0.05, 0) is 19.4 Å². The minimum atomic E-state index is -0.730. The van der Waals surface area contributed by atoms with Gasteiger partial charge >= 0.3 is 5.97 Å². The minimum Gasteiger partial charge on any atom is -0.485 e. The van der Waals surface area contributed by atoms with Gasteiger partial charge in [-0.15, -0.1) is 0 Å². The third-order valence-corrected chi connectivity index (χ3v) is 3.85. The van der Waals surface area contributed by atoms with Crippen molar-refractivity contribution in [2.75, 3.05) is 13.2 Å². The summed E-state index contributed by atoms with van der Waals surface area (Å²) in [5, 5.41) is 0. The topological polar surface area (TPSA) is 63.2 Å². The molecule has 2 aliphatic heterocycles. The first-order valence-electron chi connectivity index (χ1n) is 8.17. The molecule has 3 rings (SSSR count). The number of carbonyl (C=O) groups is 1. The molecule has 0 amide bonds. The standard InChI is InChI=1S/C19H22O6/c1-4-10-21-17-16(22-11-13-8-6-5-7-9-13)15(24-18(17)20)14-12-23-19(2,3)25-14/h4-9,14-15H,1,10-12H2,2-3H3/t14-,15+/m0/s1. The van der Waals surface area contributed by atoms with Crippen LogP contribution in [0.3, 0.4) is 0 Å². The van der Waals surface area contributed by atoms with Crippen molar-refractivity contribution in [3.63, 3.8) is 0 Å². The van der Waals surface area contributed by atoms with Gasteiger partial charge in [0.15, 0.2) is 17.7 Å². The van der Waals surface area contributed by atoms with Crippen LogP contribution in [0.25, 0.3) is 0 Å². The fraction of sp³-hybridized carbons (Fsp3) is 0.421. The molecule has 2 aliphatic rings. The van der Waals surface area contributed by atoms with Crippen LogP contribution in [0.15, 0.2) is 54.5 Å². The van der Waals surface area contributed by atoms with E-state index in [1.807, 2.05) is 44.2 Å². The second kappa shape index (κ2) is 7.29. The molecule has 0 bridgehead atoms. The maximum Gasteiger partial charge on any atom is 0.378 e. The Bertz CT molecular complexity index is 664. The van der Waals surface area contributed by atoms with Gasteiger partial charge in [0.25, 0.3) is 0 Å². The molecular formula is C19H22O6. The Hall–Kier alpha value is -2.31. The van der Waals surface area contributed by atoms with E-state index in [0.717, 1.165) is 5.56 Å². The molecule has 1 aromatic carbocycles. The summed E-state index contributed by atoms with van der Waals surface area (Å²) in [4.78, 5) is 12.2. The molecular weight excluding hydrogens is 324 g/mol. The second-order valence-electron chi connectivity index (χ2n) is 6.26. The monoisotopic (exact) mass is 346 g/mol. The van der Waals surface area contributed by atoms with Gasteiger partial charge < -0.3 is 23.7 Å². The Balaban J connectivity index is 1.80. The predicted molar refractivity (Wildman–Crippen MR) is 89.2 cm³/mol. The maximum atomic E-state index is 12.2. The summed E-state index contributed by atoms with van der Waals surface area (Å²) in [5.74, 6) is -0.897. The van der Waals surface area contributed by atoms with Gasteiger partial charge in [-0.1, -0.05) is 43.0 Å². The Kier molecular flexibility index (Phi) is 5.11. The van der Waals surface area contributed by atoms with Crippen molar-refractivity contribution in [1.82, 2.24) is 0 Å². The van der Waals surface area contributed by atoms with Crippen molar-refractivity contribution in [2.24, 2.45) is 0 Å². The highest BCUT2D eigenvalue weighted by Gasteiger charge is 2.48. The summed E-state index contributed by atoms with van der Waals surface area (Å²) in [6, 6.07) is 9.66. The molecule has 2 heterocycles. The molecule has 0 saturated carbocycles. The summed E-state index contributed by atoms with van der Waals surface area (Å²) in [7, 11) is 0. The number of esters is 1. The van der Waals surface area contributed by atoms with E-state index in [-0.39, 0.29) is 12.4 Å². The first-order valence-corrected chi connectivity index (χ1v) is 8.17. The lowest BCUT2D eigenvalue weighted by Gasteiger charge is -2.22. The average Bonchev–Trinajstić information content (AvgIpc) is 3.11. The molecule has 1 fully saturated rings. The van der Waals surface area contributed by atoms with Crippen molar-refractivity contribution in [2.45, 2.75) is 38.4 Å². The first kappa shape index (κ1) is 17.5. The van der Waals surface area contributed by atoms with Crippen LogP contribution in [-0.4, -0.2) is 37.2 Å². The van der Waals surface area contributed by atoms with Crippen molar-refractivity contribution < 1.29 is 28.5 Å². The van der Waals surface area contributed by atoms with Crippen molar-refractivity contribution in [3.8, 4) is 0 Å². The molecule has 25 heavy (non-hydrogen) atoms. The predicted octanol–water partition coefficient (Wildman–Crippen LogP) is 2.69. The highest BCUT2D eigenvalue weighted by molar-refractivity contribution is 5.89. The van der Waals surface area contributed by atoms with Crippen molar-refractivity contribution in [3.05, 3.63) is 60.1 Å². The quantitative estimate of drug-likeness (QED) is 0.559. The molecule has 6 nitrogen and oxygen atoms in total. The number of carbonyl (C=O) groups excluding carboxylic acids is 1. The fourth-order valence-corrected chi connectivity index (χ4v) is 2.72. The lowest BCUT2D eigenvalue weighted by Crippen LogP contribution is -2.33. The zero-order valence-electron chi connectivity index (χ0n) is 14.4. The summed E-state index contributed by atoms with van der Waals surface area (Å²) in [6.45, 7) is 8.00. The Morgan fingerprint density at radius 3 is 2.68 bits per heavy atom. The number of ether oxygens (including phenoxy) is 5. The number of cyclic esters (lactones) is 1. The number of benzene rings is 1. The van der Waals surface area contributed by atoms with Gasteiger partial charge in [0.1, 0.15) is 19.3 Å². The number of hydrogen-bond acceptors (Lipinski definition) is 6. The second-order valence-corrected chi connectivity index (χ2v) is 6.26. The van der Waals surface area contributed by atoms with Gasteiger partial charge in [0, 0.05) is 0 Å². The molecule has 0 aliphatic carbocycles. The Labute approximate surface area is 147 Å². The van der Waals surface area contributed by atoms with E-state index in [1.165, 1.54) is 0 Å². The number of rotatable bonds is 7. The van der Waals surface area contributed by atoms with Gasteiger partial charge in [0.05, 0.1) is 6.61 Å². The molecule has 1 aromatic rings. The van der Waals surface area contributed by atoms with E-state index in [1.54, 1.807) is 6.08 Å². The van der Waals surface area contributed by atoms with E-state index >= 15 is 0 Å². The van der Waals surface area contributed by atoms with E-state index < -0.39 is 24.0 Å².